The lowest BCUT2D eigenvalue weighted by Gasteiger charge is -2.16. The quantitative estimate of drug-likeness (QED) is 0.292. The zero-order valence-electron chi connectivity index (χ0n) is 11.9. The molecule has 3 N–H and O–H groups in total. The summed E-state index contributed by atoms with van der Waals surface area (Å²) in [5.41, 5.74) is 4.08. The molecule has 0 bridgehead atoms. The van der Waals surface area contributed by atoms with E-state index in [1.54, 1.807) is 0 Å². The van der Waals surface area contributed by atoms with E-state index in [1.807, 2.05) is 18.2 Å². The minimum Gasteiger partial charge on any atom is -0.494 e. The van der Waals surface area contributed by atoms with Gasteiger partial charge in [0.2, 0.25) is 0 Å². The van der Waals surface area contributed by atoms with Gasteiger partial charge in [0.05, 0.1) is 6.61 Å². The maximum absolute atomic E-state index is 5.65. The van der Waals surface area contributed by atoms with Gasteiger partial charge in [0.25, 0.3) is 0 Å². The summed E-state index contributed by atoms with van der Waals surface area (Å²) in [6, 6.07) is 8.40. The number of hydrogen-bond acceptors (Lipinski definition) is 3. The summed E-state index contributed by atoms with van der Waals surface area (Å²) in [6.07, 6.45) is 7.32. The van der Waals surface area contributed by atoms with Crippen molar-refractivity contribution in [2.75, 3.05) is 6.61 Å². The number of benzene rings is 1. The highest BCUT2D eigenvalue weighted by atomic mass is 16.5. The fourth-order valence-corrected chi connectivity index (χ4v) is 1.94. The van der Waals surface area contributed by atoms with Crippen LogP contribution in [0.2, 0.25) is 0 Å². The number of ether oxygens (including phenoxy) is 1. The molecule has 0 aliphatic heterocycles. The molecule has 0 aliphatic rings. The molecule has 1 rings (SSSR count). The first-order valence-corrected chi connectivity index (χ1v) is 7.11. The van der Waals surface area contributed by atoms with Crippen LogP contribution in [0.15, 0.2) is 36.9 Å². The van der Waals surface area contributed by atoms with Crippen LogP contribution in [0.5, 0.6) is 5.75 Å². The van der Waals surface area contributed by atoms with Crippen LogP contribution in [-0.4, -0.2) is 6.61 Å². The van der Waals surface area contributed by atoms with Crippen molar-refractivity contribution in [2.24, 2.45) is 5.84 Å². The molecule has 0 heterocycles. The third-order valence-corrected chi connectivity index (χ3v) is 3.15. The zero-order valence-corrected chi connectivity index (χ0v) is 11.9. The topological polar surface area (TPSA) is 47.3 Å². The lowest BCUT2D eigenvalue weighted by Crippen LogP contribution is -2.27. The van der Waals surface area contributed by atoms with Gasteiger partial charge in [-0.15, -0.1) is 6.58 Å². The summed E-state index contributed by atoms with van der Waals surface area (Å²) in [5, 5.41) is 0. The lowest BCUT2D eigenvalue weighted by atomic mass is 10.0. The molecule has 0 spiro atoms. The Kier molecular flexibility index (Phi) is 7.94. The molecule has 0 saturated heterocycles. The van der Waals surface area contributed by atoms with Crippen LogP contribution in [0.4, 0.5) is 0 Å². The Morgan fingerprint density at radius 2 is 2.05 bits per heavy atom. The van der Waals surface area contributed by atoms with Gasteiger partial charge in [-0.1, -0.05) is 31.6 Å². The van der Waals surface area contributed by atoms with Crippen molar-refractivity contribution in [3.05, 3.63) is 42.5 Å². The first-order valence-electron chi connectivity index (χ1n) is 7.11. The molecule has 0 aliphatic carbocycles. The Morgan fingerprint density at radius 3 is 2.63 bits per heavy atom. The maximum atomic E-state index is 5.65. The minimum atomic E-state index is 0.199. The predicted octanol–water partition coefficient (Wildman–Crippen LogP) is 3.73. The summed E-state index contributed by atoms with van der Waals surface area (Å²) in [6.45, 7) is 6.68. The summed E-state index contributed by atoms with van der Waals surface area (Å²) < 4.78 is 5.65. The van der Waals surface area contributed by atoms with E-state index in [0.717, 1.165) is 44.5 Å². The Bertz CT molecular complexity index is 348. The molecule has 19 heavy (non-hydrogen) atoms. The van der Waals surface area contributed by atoms with E-state index in [9.17, 15) is 0 Å². The third kappa shape index (κ3) is 5.90. The van der Waals surface area contributed by atoms with Crippen molar-refractivity contribution in [2.45, 2.75) is 45.1 Å². The molecular weight excluding hydrogens is 236 g/mol. The molecule has 0 aromatic heterocycles. The monoisotopic (exact) mass is 262 g/mol. The molecule has 1 unspecified atom stereocenters. The van der Waals surface area contributed by atoms with Gasteiger partial charge in [-0.25, -0.2) is 0 Å². The predicted molar refractivity (Wildman–Crippen MR) is 81.0 cm³/mol. The van der Waals surface area contributed by atoms with Gasteiger partial charge in [-0.2, -0.15) is 0 Å². The van der Waals surface area contributed by atoms with Crippen LogP contribution in [0.1, 0.15) is 50.6 Å². The highest BCUT2D eigenvalue weighted by molar-refractivity contribution is 5.29. The molecule has 1 aromatic carbocycles. The SMILES string of the molecule is C=CCCCC(NN)c1ccc(OCCCC)cc1. The Morgan fingerprint density at radius 1 is 1.32 bits per heavy atom. The van der Waals surface area contributed by atoms with Crippen molar-refractivity contribution < 1.29 is 4.74 Å². The molecule has 0 radical (unpaired) electrons. The molecule has 1 atom stereocenters. The Balaban J connectivity index is 2.49. The number of nitrogens with two attached hydrogens (primary N) is 1. The summed E-state index contributed by atoms with van der Waals surface area (Å²) in [4.78, 5) is 0. The molecule has 3 nitrogen and oxygen atoms in total. The second kappa shape index (κ2) is 9.59. The van der Waals surface area contributed by atoms with Gasteiger partial charge in [-0.3, -0.25) is 11.3 Å². The third-order valence-electron chi connectivity index (χ3n) is 3.15. The highest BCUT2D eigenvalue weighted by Crippen LogP contribution is 2.21. The second-order valence-electron chi connectivity index (χ2n) is 4.71. The van der Waals surface area contributed by atoms with Crippen LogP contribution in [0.25, 0.3) is 0 Å². The molecule has 0 amide bonds. The van der Waals surface area contributed by atoms with Crippen LogP contribution < -0.4 is 16.0 Å². The van der Waals surface area contributed by atoms with Crippen molar-refractivity contribution >= 4 is 0 Å². The Labute approximate surface area is 116 Å². The maximum Gasteiger partial charge on any atom is 0.119 e. The number of allylic oxidation sites excluding steroid dienone is 1. The number of hydrazine groups is 1. The minimum absolute atomic E-state index is 0.199. The average molecular weight is 262 g/mol. The van der Waals surface area contributed by atoms with Crippen molar-refractivity contribution in [3.63, 3.8) is 0 Å². The molecular formula is C16H26N2O. The number of hydrogen-bond donors (Lipinski definition) is 2. The number of unbranched alkanes of at least 4 members (excludes halogenated alkanes) is 2. The highest BCUT2D eigenvalue weighted by Gasteiger charge is 2.08. The van der Waals surface area contributed by atoms with E-state index in [0.29, 0.717) is 0 Å². The van der Waals surface area contributed by atoms with E-state index >= 15 is 0 Å². The van der Waals surface area contributed by atoms with E-state index in [-0.39, 0.29) is 6.04 Å². The fraction of sp³-hybridized carbons (Fsp3) is 0.500. The van der Waals surface area contributed by atoms with E-state index in [1.165, 1.54) is 5.56 Å². The average Bonchev–Trinajstić information content (AvgIpc) is 2.45. The lowest BCUT2D eigenvalue weighted by molar-refractivity contribution is 0.309. The van der Waals surface area contributed by atoms with E-state index in [2.05, 4.69) is 31.1 Å². The first kappa shape index (κ1) is 15.7. The van der Waals surface area contributed by atoms with E-state index in [4.69, 9.17) is 10.6 Å². The van der Waals surface area contributed by atoms with Crippen molar-refractivity contribution in [1.29, 1.82) is 0 Å². The van der Waals surface area contributed by atoms with Crippen LogP contribution in [-0.2, 0) is 0 Å². The van der Waals surface area contributed by atoms with Crippen molar-refractivity contribution in [1.82, 2.24) is 5.43 Å². The van der Waals surface area contributed by atoms with Gasteiger partial charge < -0.3 is 4.74 Å². The zero-order chi connectivity index (χ0) is 13.9. The van der Waals surface area contributed by atoms with Gasteiger partial charge in [0.15, 0.2) is 0 Å². The normalized spacial score (nSPS) is 12.1. The van der Waals surface area contributed by atoms with Gasteiger partial charge in [0.1, 0.15) is 5.75 Å². The van der Waals surface area contributed by atoms with Crippen LogP contribution >= 0.6 is 0 Å². The Hall–Kier alpha value is -1.32. The number of nitrogens with one attached hydrogen (secondary N) is 1. The largest absolute Gasteiger partial charge is 0.494 e. The molecule has 0 saturated carbocycles. The number of rotatable bonds is 10. The standard InChI is InChI=1S/C16H26N2O/c1-3-5-7-8-16(18-17)14-9-11-15(12-10-14)19-13-6-4-2/h3,9-12,16,18H,1,4-8,13,17H2,2H3. The second-order valence-corrected chi connectivity index (χ2v) is 4.71. The molecule has 3 heteroatoms. The molecule has 0 fully saturated rings. The van der Waals surface area contributed by atoms with Gasteiger partial charge in [-0.05, 0) is 43.4 Å². The summed E-state index contributed by atoms with van der Waals surface area (Å²) in [7, 11) is 0. The summed E-state index contributed by atoms with van der Waals surface area (Å²) in [5.74, 6) is 6.55. The van der Waals surface area contributed by atoms with Crippen LogP contribution in [0, 0.1) is 0 Å². The fourth-order valence-electron chi connectivity index (χ4n) is 1.94. The first-order chi connectivity index (χ1) is 9.31. The smallest absolute Gasteiger partial charge is 0.119 e. The van der Waals surface area contributed by atoms with Gasteiger partial charge in [0, 0.05) is 6.04 Å². The molecule has 1 aromatic rings. The molecule has 106 valence electrons. The van der Waals surface area contributed by atoms with Crippen molar-refractivity contribution in [3.8, 4) is 5.75 Å². The van der Waals surface area contributed by atoms with E-state index < -0.39 is 0 Å². The summed E-state index contributed by atoms with van der Waals surface area (Å²) >= 11 is 0. The van der Waals surface area contributed by atoms with Crippen LogP contribution in [0.3, 0.4) is 0 Å². The van der Waals surface area contributed by atoms with Gasteiger partial charge >= 0.3 is 0 Å².